The summed E-state index contributed by atoms with van der Waals surface area (Å²) in [7, 11) is -0.512. The molecule has 2 aliphatic heterocycles. The predicted octanol–water partition coefficient (Wildman–Crippen LogP) is 9.86. The fourth-order valence-corrected chi connectivity index (χ4v) is 21.8. The van der Waals surface area contributed by atoms with E-state index in [0.717, 1.165) is 5.46 Å². The summed E-state index contributed by atoms with van der Waals surface area (Å²) in [6.07, 6.45) is 0. The van der Waals surface area contributed by atoms with Crippen LogP contribution in [0.15, 0.2) is 210 Å². The van der Waals surface area contributed by atoms with E-state index in [4.69, 9.17) is 9.31 Å². The van der Waals surface area contributed by atoms with Gasteiger partial charge in [-0.1, -0.05) is 0 Å². The van der Waals surface area contributed by atoms with Gasteiger partial charge in [-0.15, -0.1) is 0 Å². The topological polar surface area (TPSA) is 18.5 Å². The Morgan fingerprint density at radius 2 is 0.900 bits per heavy atom. The van der Waals surface area contributed by atoms with Crippen LogP contribution in [-0.2, 0) is 14.7 Å². The van der Waals surface area contributed by atoms with Gasteiger partial charge in [0.2, 0.25) is 0 Å². The third-order valence-electron chi connectivity index (χ3n) is 13.7. The van der Waals surface area contributed by atoms with Crippen molar-refractivity contribution in [2.24, 2.45) is 0 Å². The Kier molecular flexibility index (Phi) is 8.85. The van der Waals surface area contributed by atoms with Crippen LogP contribution in [0.1, 0.15) is 49.9 Å². The van der Waals surface area contributed by atoms with Crippen molar-refractivity contribution in [1.29, 1.82) is 0 Å². The van der Waals surface area contributed by atoms with E-state index in [1.165, 1.54) is 71.9 Å². The standard InChI is InChI=1S/C55H45BGeO2S/c1-53(2)54(3,4)59-56(58-53)40-34-39(38-20-8-5-9-21-38)35-44(36-40)57(41-22-10-6-11-23-41,42-24-12-7-13-25-42)43-32-33-50-52(37-43)60-51-31-19-18-30-49(51)55(50)47-28-16-14-26-45(47)46-27-15-17-29-48(46)55/h5-37H,1-4H3. The molecule has 0 aromatic heterocycles. The molecule has 0 bridgehead atoms. The zero-order valence-electron chi connectivity index (χ0n) is 34.4. The van der Waals surface area contributed by atoms with Crippen molar-refractivity contribution in [2.45, 2.75) is 54.1 Å². The van der Waals surface area contributed by atoms with Crippen LogP contribution in [0.25, 0.3) is 22.3 Å². The molecule has 3 aliphatic rings. The van der Waals surface area contributed by atoms with E-state index in [-0.39, 0.29) is 0 Å². The van der Waals surface area contributed by atoms with E-state index in [0.29, 0.717) is 0 Å². The van der Waals surface area contributed by atoms with Crippen LogP contribution < -0.4 is 23.0 Å². The summed E-state index contributed by atoms with van der Waals surface area (Å²) in [4.78, 5) is 2.62. The molecule has 1 saturated heterocycles. The van der Waals surface area contributed by atoms with Gasteiger partial charge >= 0.3 is 363 Å². The quantitative estimate of drug-likeness (QED) is 0.155. The number of rotatable bonds is 6. The minimum atomic E-state index is -3.91. The summed E-state index contributed by atoms with van der Waals surface area (Å²) in [5.41, 5.74) is 10.1. The molecule has 0 amide bonds. The Hall–Kier alpha value is -5.36. The van der Waals surface area contributed by atoms with Crippen molar-refractivity contribution in [2.75, 3.05) is 0 Å². The summed E-state index contributed by atoms with van der Waals surface area (Å²) in [5, 5.41) is 0. The molecule has 1 fully saturated rings. The molecule has 60 heavy (non-hydrogen) atoms. The molecule has 8 aromatic carbocycles. The van der Waals surface area contributed by atoms with Crippen LogP contribution in [0.5, 0.6) is 0 Å². The van der Waals surface area contributed by atoms with Crippen molar-refractivity contribution in [3.8, 4) is 22.3 Å². The van der Waals surface area contributed by atoms with Gasteiger partial charge in [-0.3, -0.25) is 0 Å². The first-order valence-electron chi connectivity index (χ1n) is 21.0. The third-order valence-corrected chi connectivity index (χ3v) is 24.8. The molecule has 2 nitrogen and oxygen atoms in total. The van der Waals surface area contributed by atoms with Gasteiger partial charge in [0, 0.05) is 0 Å². The Bertz CT molecular complexity index is 2830. The summed E-state index contributed by atoms with van der Waals surface area (Å²) in [6.45, 7) is 8.56. The second-order valence-corrected chi connectivity index (χ2v) is 26.5. The molecule has 5 heteroatoms. The molecule has 8 aromatic rings. The summed E-state index contributed by atoms with van der Waals surface area (Å²) in [6, 6.07) is 75.5. The Morgan fingerprint density at radius 3 is 1.50 bits per heavy atom. The van der Waals surface area contributed by atoms with Gasteiger partial charge in [0.1, 0.15) is 0 Å². The van der Waals surface area contributed by atoms with E-state index in [2.05, 4.69) is 228 Å². The molecule has 0 N–H and O–H groups in total. The Labute approximate surface area is 361 Å². The maximum absolute atomic E-state index is 6.84. The first-order chi connectivity index (χ1) is 29.2. The van der Waals surface area contributed by atoms with E-state index in [1.807, 2.05) is 11.8 Å². The molecule has 11 rings (SSSR count). The molecule has 0 atom stereocenters. The predicted molar refractivity (Wildman–Crippen MR) is 253 cm³/mol. The Balaban J connectivity index is 1.22. The fourth-order valence-electron chi connectivity index (χ4n) is 10.3. The molecule has 290 valence electrons. The molecule has 0 radical (unpaired) electrons. The monoisotopic (exact) mass is 854 g/mol. The summed E-state index contributed by atoms with van der Waals surface area (Å²) >= 11 is -1.99. The van der Waals surface area contributed by atoms with Crippen LogP contribution in [0.2, 0.25) is 0 Å². The summed E-state index contributed by atoms with van der Waals surface area (Å²) < 4.78 is 19.2. The molecule has 0 unspecified atom stereocenters. The zero-order valence-corrected chi connectivity index (χ0v) is 37.3. The minimum absolute atomic E-state index is 0.435. The van der Waals surface area contributed by atoms with E-state index in [9.17, 15) is 0 Å². The first kappa shape index (κ1) is 37.6. The molecule has 1 aliphatic carbocycles. The zero-order chi connectivity index (χ0) is 40.7. The average molecular weight is 853 g/mol. The van der Waals surface area contributed by atoms with Crippen LogP contribution in [0.4, 0.5) is 0 Å². The first-order valence-corrected chi connectivity index (χ1v) is 26.0. The van der Waals surface area contributed by atoms with Gasteiger partial charge in [0.25, 0.3) is 0 Å². The number of hydrogen-bond acceptors (Lipinski definition) is 3. The van der Waals surface area contributed by atoms with Gasteiger partial charge in [0.05, 0.1) is 0 Å². The maximum atomic E-state index is 6.84. The molecule has 0 saturated carbocycles. The fraction of sp³-hybridized carbons (Fsp3) is 0.127. The summed E-state index contributed by atoms with van der Waals surface area (Å²) in [5.74, 6) is 0. The van der Waals surface area contributed by atoms with Crippen molar-refractivity contribution in [3.05, 3.63) is 222 Å². The molecular formula is C55H45BGeO2S. The molecular weight excluding hydrogens is 808 g/mol. The van der Waals surface area contributed by atoms with Crippen LogP contribution in [-0.4, -0.2) is 31.6 Å². The van der Waals surface area contributed by atoms with Crippen molar-refractivity contribution in [1.82, 2.24) is 0 Å². The van der Waals surface area contributed by atoms with Crippen LogP contribution in [0.3, 0.4) is 0 Å². The normalized spacial score (nSPS) is 16.5. The van der Waals surface area contributed by atoms with Crippen molar-refractivity contribution < 1.29 is 9.31 Å². The van der Waals surface area contributed by atoms with Gasteiger partial charge in [-0.25, -0.2) is 0 Å². The van der Waals surface area contributed by atoms with Crippen LogP contribution in [0, 0.1) is 0 Å². The van der Waals surface area contributed by atoms with Gasteiger partial charge in [0.15, 0.2) is 0 Å². The van der Waals surface area contributed by atoms with Gasteiger partial charge in [-0.05, 0) is 0 Å². The second-order valence-electron chi connectivity index (χ2n) is 17.4. The van der Waals surface area contributed by atoms with Crippen molar-refractivity contribution in [3.63, 3.8) is 0 Å². The van der Waals surface area contributed by atoms with Gasteiger partial charge in [-0.2, -0.15) is 0 Å². The molecule has 2 heterocycles. The van der Waals surface area contributed by atoms with E-state index < -0.39 is 37.0 Å². The second kappa shape index (κ2) is 14.1. The van der Waals surface area contributed by atoms with E-state index >= 15 is 0 Å². The number of hydrogen-bond donors (Lipinski definition) is 0. The van der Waals surface area contributed by atoms with E-state index in [1.54, 1.807) is 0 Å². The third kappa shape index (κ3) is 5.51. The molecule has 1 spiro atoms. The number of benzene rings is 8. The van der Waals surface area contributed by atoms with Crippen LogP contribution >= 0.6 is 11.8 Å². The van der Waals surface area contributed by atoms with Gasteiger partial charge < -0.3 is 0 Å². The average Bonchev–Trinajstić information content (AvgIpc) is 3.70. The number of fused-ring (bicyclic) bond motifs is 9. The SMILES string of the molecule is CC1(C)OB(c2cc(-c3ccccc3)c[c]([Ge]([c]3ccccc3)([c]3ccccc3)[c]3ccc4c(c3)Sc3ccccc3C43c4ccccc4-c4ccccc43)c2)OC1(C)C. The Morgan fingerprint density at radius 1 is 0.400 bits per heavy atom. The van der Waals surface area contributed by atoms with Crippen molar-refractivity contribution >= 4 is 55.2 Å².